The molecule has 2 unspecified atom stereocenters. The van der Waals surface area contributed by atoms with Gasteiger partial charge in [-0.3, -0.25) is 9.59 Å². The molecule has 20 heavy (non-hydrogen) atoms. The molecule has 3 nitrogen and oxygen atoms in total. The summed E-state index contributed by atoms with van der Waals surface area (Å²) in [7, 11) is 1.44. The van der Waals surface area contributed by atoms with Crippen LogP contribution in [0.3, 0.4) is 0 Å². The molecule has 0 N–H and O–H groups in total. The fourth-order valence-corrected chi connectivity index (χ4v) is 3.38. The van der Waals surface area contributed by atoms with E-state index in [1.54, 1.807) is 6.92 Å². The minimum Gasteiger partial charge on any atom is -0.469 e. The Kier molecular flexibility index (Phi) is 4.26. The van der Waals surface area contributed by atoms with Gasteiger partial charge in [-0.2, -0.15) is 0 Å². The van der Waals surface area contributed by atoms with Gasteiger partial charge in [0.1, 0.15) is 0 Å². The lowest BCUT2D eigenvalue weighted by atomic mass is 9.84. The Labute approximate surface area is 120 Å². The van der Waals surface area contributed by atoms with Crippen LogP contribution in [-0.2, 0) is 16.0 Å². The van der Waals surface area contributed by atoms with E-state index in [-0.39, 0.29) is 23.6 Å². The molecule has 1 aromatic carbocycles. The zero-order valence-corrected chi connectivity index (χ0v) is 12.7. The lowest BCUT2D eigenvalue weighted by Gasteiger charge is -2.21. The molecule has 1 aliphatic carbocycles. The number of fused-ring (bicyclic) bond motifs is 1. The van der Waals surface area contributed by atoms with E-state index < -0.39 is 0 Å². The molecule has 0 aliphatic heterocycles. The third-order valence-electron chi connectivity index (χ3n) is 4.42. The van der Waals surface area contributed by atoms with E-state index in [1.165, 1.54) is 12.7 Å². The number of hydrogen-bond donors (Lipinski definition) is 0. The van der Waals surface area contributed by atoms with Gasteiger partial charge in [-0.1, -0.05) is 13.0 Å². The normalized spacial score (nSPS) is 18.5. The van der Waals surface area contributed by atoms with Crippen molar-refractivity contribution in [2.45, 2.75) is 46.0 Å². The summed E-state index contributed by atoms with van der Waals surface area (Å²) in [5.74, 6) is 0.0160. The van der Waals surface area contributed by atoms with Crippen molar-refractivity contribution in [1.29, 1.82) is 0 Å². The van der Waals surface area contributed by atoms with Crippen LogP contribution in [0.5, 0.6) is 0 Å². The standard InChI is InChI=1S/C17H22O3/c1-5-13(17(19)20-4)14-7-6-12-8-10(2)15(11(3)18)9-16(12)14/h8-9,13-14H,5-7H2,1-4H3. The van der Waals surface area contributed by atoms with Crippen LogP contribution in [0.15, 0.2) is 12.1 Å². The highest BCUT2D eigenvalue weighted by Crippen LogP contribution is 2.41. The van der Waals surface area contributed by atoms with E-state index in [9.17, 15) is 9.59 Å². The fraction of sp³-hybridized carbons (Fsp3) is 0.529. The Balaban J connectivity index is 2.43. The number of methoxy groups -OCH3 is 1. The Morgan fingerprint density at radius 2 is 2.10 bits per heavy atom. The molecule has 0 bridgehead atoms. The lowest BCUT2D eigenvalue weighted by molar-refractivity contribution is -0.146. The summed E-state index contributed by atoms with van der Waals surface area (Å²) in [4.78, 5) is 23.6. The van der Waals surface area contributed by atoms with Gasteiger partial charge in [-0.25, -0.2) is 0 Å². The molecule has 0 radical (unpaired) electrons. The van der Waals surface area contributed by atoms with Crippen LogP contribution in [-0.4, -0.2) is 18.9 Å². The minimum atomic E-state index is -0.143. The maximum atomic E-state index is 11.9. The molecule has 2 atom stereocenters. The van der Waals surface area contributed by atoms with Crippen LogP contribution in [0.2, 0.25) is 0 Å². The maximum absolute atomic E-state index is 11.9. The van der Waals surface area contributed by atoms with Gasteiger partial charge in [0, 0.05) is 5.56 Å². The van der Waals surface area contributed by atoms with Gasteiger partial charge < -0.3 is 4.74 Å². The largest absolute Gasteiger partial charge is 0.469 e. The number of hydrogen-bond acceptors (Lipinski definition) is 3. The molecule has 0 amide bonds. The smallest absolute Gasteiger partial charge is 0.309 e. The average Bonchev–Trinajstić information content (AvgIpc) is 2.81. The van der Waals surface area contributed by atoms with Crippen LogP contribution in [0.4, 0.5) is 0 Å². The van der Waals surface area contributed by atoms with Crippen molar-refractivity contribution < 1.29 is 14.3 Å². The molecule has 0 spiro atoms. The highest BCUT2D eigenvalue weighted by atomic mass is 16.5. The second-order valence-corrected chi connectivity index (χ2v) is 5.61. The van der Waals surface area contributed by atoms with Gasteiger partial charge in [-0.05, 0) is 61.8 Å². The zero-order valence-electron chi connectivity index (χ0n) is 12.7. The molecule has 0 saturated carbocycles. The van der Waals surface area contributed by atoms with Crippen LogP contribution < -0.4 is 0 Å². The Hall–Kier alpha value is -1.64. The van der Waals surface area contributed by atoms with Crippen molar-refractivity contribution in [2.75, 3.05) is 7.11 Å². The molecular weight excluding hydrogens is 252 g/mol. The number of ketones is 1. The van der Waals surface area contributed by atoms with Gasteiger partial charge in [0.15, 0.2) is 5.78 Å². The third-order valence-corrected chi connectivity index (χ3v) is 4.42. The van der Waals surface area contributed by atoms with Gasteiger partial charge in [0.25, 0.3) is 0 Å². The summed E-state index contributed by atoms with van der Waals surface area (Å²) in [5, 5.41) is 0. The van der Waals surface area contributed by atoms with Crippen LogP contribution in [0.25, 0.3) is 0 Å². The number of Topliss-reactive ketones (excluding diaryl/α,β-unsaturated/α-hetero) is 1. The zero-order chi connectivity index (χ0) is 14.9. The van der Waals surface area contributed by atoms with E-state index >= 15 is 0 Å². The van der Waals surface area contributed by atoms with Crippen molar-refractivity contribution in [3.8, 4) is 0 Å². The number of aryl methyl sites for hydroxylation is 2. The number of rotatable bonds is 4. The second-order valence-electron chi connectivity index (χ2n) is 5.61. The predicted molar refractivity (Wildman–Crippen MR) is 78.0 cm³/mol. The van der Waals surface area contributed by atoms with Crippen molar-refractivity contribution in [2.24, 2.45) is 5.92 Å². The fourth-order valence-electron chi connectivity index (χ4n) is 3.38. The van der Waals surface area contributed by atoms with Crippen LogP contribution in [0, 0.1) is 12.8 Å². The summed E-state index contributed by atoms with van der Waals surface area (Å²) in [5.41, 5.74) is 4.25. The van der Waals surface area contributed by atoms with Crippen molar-refractivity contribution in [3.63, 3.8) is 0 Å². The molecule has 1 aliphatic rings. The number of benzene rings is 1. The molecule has 0 heterocycles. The SMILES string of the molecule is CCC(C(=O)OC)C1CCc2cc(C)c(C(C)=O)cc21. The molecule has 1 aromatic rings. The lowest BCUT2D eigenvalue weighted by Crippen LogP contribution is -2.22. The Morgan fingerprint density at radius 1 is 1.40 bits per heavy atom. The number of carbonyl (C=O) groups excluding carboxylic acids is 2. The first-order chi connectivity index (χ1) is 9.49. The van der Waals surface area contributed by atoms with E-state index in [2.05, 4.69) is 6.07 Å². The van der Waals surface area contributed by atoms with Gasteiger partial charge in [-0.15, -0.1) is 0 Å². The molecule has 3 heteroatoms. The third kappa shape index (κ3) is 2.49. The van der Waals surface area contributed by atoms with Crippen molar-refractivity contribution in [1.82, 2.24) is 0 Å². The molecule has 0 fully saturated rings. The minimum absolute atomic E-state index is 0.0852. The van der Waals surface area contributed by atoms with Crippen molar-refractivity contribution in [3.05, 3.63) is 34.4 Å². The van der Waals surface area contributed by atoms with Gasteiger partial charge in [0.2, 0.25) is 0 Å². The molecular formula is C17H22O3. The van der Waals surface area contributed by atoms with Gasteiger partial charge in [0.05, 0.1) is 13.0 Å². The maximum Gasteiger partial charge on any atom is 0.309 e. The van der Waals surface area contributed by atoms with E-state index in [4.69, 9.17) is 4.74 Å². The number of esters is 1. The Morgan fingerprint density at radius 3 is 2.65 bits per heavy atom. The van der Waals surface area contributed by atoms with E-state index in [0.29, 0.717) is 0 Å². The van der Waals surface area contributed by atoms with Gasteiger partial charge >= 0.3 is 5.97 Å². The summed E-state index contributed by atoms with van der Waals surface area (Å²) in [6.07, 6.45) is 2.70. The van der Waals surface area contributed by atoms with E-state index in [0.717, 1.165) is 36.0 Å². The first-order valence-electron chi connectivity index (χ1n) is 7.21. The van der Waals surface area contributed by atoms with Crippen LogP contribution >= 0.6 is 0 Å². The molecule has 0 aromatic heterocycles. The summed E-state index contributed by atoms with van der Waals surface area (Å²) < 4.78 is 4.93. The topological polar surface area (TPSA) is 43.4 Å². The first-order valence-corrected chi connectivity index (χ1v) is 7.21. The number of carbonyl (C=O) groups is 2. The monoisotopic (exact) mass is 274 g/mol. The molecule has 2 rings (SSSR count). The van der Waals surface area contributed by atoms with Crippen LogP contribution in [0.1, 0.15) is 59.7 Å². The second kappa shape index (κ2) is 5.78. The number of ether oxygens (including phenoxy) is 1. The quantitative estimate of drug-likeness (QED) is 0.624. The average molecular weight is 274 g/mol. The van der Waals surface area contributed by atoms with E-state index in [1.807, 2.05) is 19.9 Å². The summed E-state index contributed by atoms with van der Waals surface area (Å²) >= 11 is 0. The summed E-state index contributed by atoms with van der Waals surface area (Å²) in [6, 6.07) is 4.10. The Bertz CT molecular complexity index is 545. The highest BCUT2D eigenvalue weighted by molar-refractivity contribution is 5.96. The highest BCUT2D eigenvalue weighted by Gasteiger charge is 2.34. The first kappa shape index (κ1) is 14.8. The van der Waals surface area contributed by atoms with Crippen molar-refractivity contribution >= 4 is 11.8 Å². The molecule has 0 saturated heterocycles. The summed E-state index contributed by atoms with van der Waals surface area (Å²) in [6.45, 7) is 5.58. The molecule has 108 valence electrons. The predicted octanol–water partition coefficient (Wildman–Crippen LogP) is 3.43.